The number of hydrogen-bond donors (Lipinski definition) is 0. The van der Waals surface area contributed by atoms with Gasteiger partial charge >= 0.3 is 11.4 Å². The Hall–Kier alpha value is -1.01. The normalized spacial score (nSPS) is 9.17. The maximum atomic E-state index is 10.6. The van der Waals surface area contributed by atoms with Crippen LogP contribution in [0, 0.1) is 0 Å². The predicted molar refractivity (Wildman–Crippen MR) is 41.4 cm³/mol. The molecular formula is C4H4Cl2N3O3-. The summed E-state index contributed by atoms with van der Waals surface area (Å²) in [7, 11) is 0. The zero-order valence-corrected chi connectivity index (χ0v) is 6.33. The Labute approximate surface area is 76.8 Å². The van der Waals surface area contributed by atoms with Gasteiger partial charge in [-0.2, -0.15) is 9.07 Å². The van der Waals surface area contributed by atoms with E-state index >= 15 is 0 Å². The lowest BCUT2D eigenvalue weighted by Crippen LogP contribution is -2.35. The quantitative estimate of drug-likeness (QED) is 0.560. The summed E-state index contributed by atoms with van der Waals surface area (Å²) < 4.78 is 0.211. The Morgan fingerprint density at radius 3 is 2.25 bits per heavy atom. The monoisotopic (exact) mass is 212 g/mol. The first-order valence-electron chi connectivity index (χ1n) is 2.29. The zero-order valence-electron chi connectivity index (χ0n) is 4.82. The van der Waals surface area contributed by atoms with Crippen LogP contribution in [0.15, 0.2) is 9.59 Å². The van der Waals surface area contributed by atoms with Crippen molar-refractivity contribution in [1.82, 2.24) is 13.2 Å². The molecule has 1 rings (SSSR count). The van der Waals surface area contributed by atoms with Crippen LogP contribution < -0.4 is 16.5 Å². The van der Waals surface area contributed by atoms with Gasteiger partial charge in [0.15, 0.2) is 0 Å². The fourth-order valence-electron chi connectivity index (χ4n) is 0.410. The largest absolute Gasteiger partial charge is 0.845 e. The standard InChI is InChI=1S/C3HCl2N3O3.CH4/c4-7-1(9)6-2(10)8(5)3(7)11;/h(H,6,9,10);1H4/p-1. The second-order valence-electron chi connectivity index (χ2n) is 1.52. The minimum atomic E-state index is -1.14. The second-order valence-corrected chi connectivity index (χ2v) is 2.20. The van der Waals surface area contributed by atoms with Gasteiger partial charge in [-0.25, -0.2) is 9.59 Å². The summed E-state index contributed by atoms with van der Waals surface area (Å²) in [6.45, 7) is 0. The maximum absolute atomic E-state index is 10.6. The number of halogens is 2. The third-order valence-electron chi connectivity index (χ3n) is 0.863. The zero-order chi connectivity index (χ0) is 8.59. The van der Waals surface area contributed by atoms with Crippen molar-refractivity contribution < 1.29 is 5.11 Å². The fourth-order valence-corrected chi connectivity index (χ4v) is 0.676. The van der Waals surface area contributed by atoms with Crippen LogP contribution in [0.1, 0.15) is 7.43 Å². The molecule has 0 amide bonds. The molecule has 0 unspecified atom stereocenters. The fraction of sp³-hybridized carbons (Fsp3) is 0.250. The summed E-state index contributed by atoms with van der Waals surface area (Å²) in [5, 5.41) is 10.5. The molecule has 6 nitrogen and oxygen atoms in total. The van der Waals surface area contributed by atoms with E-state index in [9.17, 15) is 14.7 Å². The van der Waals surface area contributed by atoms with Crippen molar-refractivity contribution in [2.24, 2.45) is 0 Å². The summed E-state index contributed by atoms with van der Waals surface area (Å²) >= 11 is 10.1. The molecule has 0 aliphatic rings. The lowest BCUT2D eigenvalue weighted by molar-refractivity contribution is -0.284. The highest BCUT2D eigenvalue weighted by atomic mass is 35.5. The van der Waals surface area contributed by atoms with Crippen LogP contribution in [0.2, 0.25) is 0 Å². The SMILES string of the molecule is C.O=c1nc([O-])n(Cl)c(=O)n1Cl. The summed E-state index contributed by atoms with van der Waals surface area (Å²) in [6.07, 6.45) is 0. The molecule has 0 aliphatic heterocycles. The van der Waals surface area contributed by atoms with Crippen molar-refractivity contribution in [2.45, 2.75) is 7.43 Å². The van der Waals surface area contributed by atoms with Gasteiger partial charge in [-0.05, 0) is 0 Å². The van der Waals surface area contributed by atoms with Crippen molar-refractivity contribution in [2.75, 3.05) is 0 Å². The van der Waals surface area contributed by atoms with Gasteiger partial charge in [0.1, 0.15) is 0 Å². The molecule has 0 N–H and O–H groups in total. The van der Waals surface area contributed by atoms with Gasteiger partial charge in [-0.15, -0.1) is 4.09 Å². The molecule has 0 spiro atoms. The highest BCUT2D eigenvalue weighted by molar-refractivity contribution is 6.17. The van der Waals surface area contributed by atoms with Crippen LogP contribution in [-0.4, -0.2) is 13.2 Å². The molecule has 1 heterocycles. The Morgan fingerprint density at radius 2 is 1.75 bits per heavy atom. The van der Waals surface area contributed by atoms with Crippen molar-refractivity contribution in [3.05, 3.63) is 21.0 Å². The topological polar surface area (TPSA) is 79.9 Å². The molecule has 12 heavy (non-hydrogen) atoms. The van der Waals surface area contributed by atoms with Gasteiger partial charge in [0.2, 0.25) is 0 Å². The minimum Gasteiger partial charge on any atom is -0.845 e. The molecular weight excluding hydrogens is 209 g/mol. The van der Waals surface area contributed by atoms with E-state index in [2.05, 4.69) is 4.98 Å². The van der Waals surface area contributed by atoms with E-state index in [0.717, 1.165) is 0 Å². The molecule has 1 aromatic rings. The third kappa shape index (κ3) is 1.59. The first-order chi connectivity index (χ1) is 5.04. The van der Waals surface area contributed by atoms with Crippen molar-refractivity contribution in [3.8, 4) is 6.01 Å². The molecule has 0 saturated heterocycles. The average molecular weight is 213 g/mol. The Balaban J connectivity index is 0.00000121. The number of aromatic nitrogens is 3. The number of hydrogen-bond acceptors (Lipinski definition) is 4. The van der Waals surface area contributed by atoms with Crippen LogP contribution >= 0.6 is 23.6 Å². The predicted octanol–water partition coefficient (Wildman–Crippen LogP) is -0.882. The molecule has 0 bridgehead atoms. The van der Waals surface area contributed by atoms with E-state index in [1.54, 1.807) is 0 Å². The lowest BCUT2D eigenvalue weighted by atomic mass is 11.0. The third-order valence-corrected chi connectivity index (χ3v) is 1.44. The van der Waals surface area contributed by atoms with E-state index in [4.69, 9.17) is 23.6 Å². The summed E-state index contributed by atoms with van der Waals surface area (Å²) in [4.78, 5) is 23.9. The molecule has 0 saturated carbocycles. The van der Waals surface area contributed by atoms with Gasteiger partial charge < -0.3 is 5.11 Å². The van der Waals surface area contributed by atoms with E-state index in [1.165, 1.54) is 0 Å². The maximum Gasteiger partial charge on any atom is 0.367 e. The first-order valence-corrected chi connectivity index (χ1v) is 2.97. The molecule has 8 heteroatoms. The summed E-state index contributed by atoms with van der Waals surface area (Å²) in [5.41, 5.74) is -2.27. The van der Waals surface area contributed by atoms with Crippen LogP contribution in [0.4, 0.5) is 0 Å². The van der Waals surface area contributed by atoms with Crippen molar-refractivity contribution >= 4 is 23.6 Å². The van der Waals surface area contributed by atoms with Gasteiger partial charge in [-0.3, -0.25) is 0 Å². The highest BCUT2D eigenvalue weighted by Crippen LogP contribution is 1.92. The lowest BCUT2D eigenvalue weighted by Gasteiger charge is -2.05. The molecule has 1 aromatic heterocycles. The van der Waals surface area contributed by atoms with E-state index in [1.807, 2.05) is 0 Å². The smallest absolute Gasteiger partial charge is 0.367 e. The molecule has 0 aromatic carbocycles. The average Bonchev–Trinajstić information content (AvgIpc) is 1.97. The van der Waals surface area contributed by atoms with E-state index < -0.39 is 17.4 Å². The van der Waals surface area contributed by atoms with Gasteiger partial charge in [0.05, 0.1) is 6.01 Å². The molecule has 0 atom stereocenters. The Morgan fingerprint density at radius 1 is 1.25 bits per heavy atom. The minimum absolute atomic E-state index is 0. The second kappa shape index (κ2) is 3.59. The van der Waals surface area contributed by atoms with E-state index in [-0.39, 0.29) is 15.6 Å². The van der Waals surface area contributed by atoms with Crippen LogP contribution in [0.25, 0.3) is 0 Å². The highest BCUT2D eigenvalue weighted by Gasteiger charge is 2.02. The van der Waals surface area contributed by atoms with Crippen LogP contribution in [0.5, 0.6) is 6.01 Å². The van der Waals surface area contributed by atoms with Gasteiger partial charge in [0.25, 0.3) is 0 Å². The molecule has 0 radical (unpaired) electrons. The Kier molecular flexibility index (Phi) is 3.29. The van der Waals surface area contributed by atoms with Crippen molar-refractivity contribution in [1.29, 1.82) is 0 Å². The number of nitrogens with zero attached hydrogens (tertiary/aromatic N) is 3. The van der Waals surface area contributed by atoms with E-state index in [0.29, 0.717) is 0 Å². The molecule has 0 aliphatic carbocycles. The molecule has 0 fully saturated rings. The number of rotatable bonds is 0. The summed E-state index contributed by atoms with van der Waals surface area (Å²) in [5.74, 6) is 0. The van der Waals surface area contributed by atoms with Gasteiger partial charge in [0, 0.05) is 23.6 Å². The molecule has 68 valence electrons. The van der Waals surface area contributed by atoms with Gasteiger partial charge in [-0.1, -0.05) is 7.43 Å². The van der Waals surface area contributed by atoms with Crippen LogP contribution in [-0.2, 0) is 0 Å². The van der Waals surface area contributed by atoms with Crippen LogP contribution in [0.3, 0.4) is 0 Å². The first kappa shape index (κ1) is 11.0. The Bertz CT molecular complexity index is 396. The van der Waals surface area contributed by atoms with Crippen molar-refractivity contribution in [3.63, 3.8) is 0 Å². The summed E-state index contributed by atoms with van der Waals surface area (Å²) in [6, 6.07) is -1.14.